The summed E-state index contributed by atoms with van der Waals surface area (Å²) in [5, 5.41) is -0.605. The summed E-state index contributed by atoms with van der Waals surface area (Å²) in [6.45, 7) is -19.9. The SMILES string of the molecule is [2H]c1c(C)[nH]c2ncnc(N(C([2H])([2H])[2H])[C@]3([2H])[C@H](C([2H])([2H])[2H])C([2H])([2H])C([2H])([2H])N(C(=O)C([2H])([2H])[N+]#[C-])C3([2H])[2H])c12.[2H]c1c(C)[nH]c2ncnc(N(C)[C@@]3([2H])C([2H])([2H])N(C(=O)C([2H])([2H])[N+]#[C-])C([2H])([2H])C([2H])([2H])[C@@]3([2H])C([2H])([2H])[2H])c12.[2H]c1c(C)[nH]c2ncnc(N(C)[C@@]3([2H])C([2H])([2H])N(C(=O)C([2H])([2H])[N+]#[C-])C([2H])([2H])C([2H])([2H])[C@@]3([2H])C)c12. The summed E-state index contributed by atoms with van der Waals surface area (Å²) in [5.41, 5.74) is 0.624. The van der Waals surface area contributed by atoms with Crippen LogP contribution in [0.1, 0.15) is 113 Å². The van der Waals surface area contributed by atoms with Crippen molar-refractivity contribution in [2.45, 2.75) is 78.6 Å². The molecule has 3 amide bonds. The number of nitrogens with zero attached hydrogens (tertiary/aromatic N) is 15. The molecule has 21 heteroatoms. The second kappa shape index (κ2) is 22.9. The third kappa shape index (κ3) is 11.5. The fourth-order valence-corrected chi connectivity index (χ4v) is 6.48. The first-order valence-electron chi connectivity index (χ1n) is 40.7. The van der Waals surface area contributed by atoms with Gasteiger partial charge in [0.15, 0.2) is 0 Å². The lowest BCUT2D eigenvalue weighted by molar-refractivity contribution is -0.131. The molecule has 6 aromatic heterocycles. The second-order valence-electron chi connectivity index (χ2n) is 14.5. The molecule has 72 heavy (non-hydrogen) atoms. The molecule has 9 heterocycles. The maximum atomic E-state index is 13.1. The molecule has 9 rings (SSSR count). The van der Waals surface area contributed by atoms with Crippen molar-refractivity contribution < 1.29 is 70.6 Å². The van der Waals surface area contributed by atoms with E-state index >= 15 is 0 Å². The summed E-state index contributed by atoms with van der Waals surface area (Å²) in [7, 11) is 1.93. The third-order valence-electron chi connectivity index (χ3n) is 9.66. The van der Waals surface area contributed by atoms with Gasteiger partial charge in [-0.3, -0.25) is 14.4 Å². The Kier molecular flexibility index (Phi) is 6.59. The van der Waals surface area contributed by atoms with Crippen molar-refractivity contribution in [3.63, 3.8) is 0 Å². The highest BCUT2D eigenvalue weighted by Gasteiger charge is 2.36. The van der Waals surface area contributed by atoms with Crippen LogP contribution >= 0.6 is 0 Å². The number of piperidine rings is 3. The van der Waals surface area contributed by atoms with Gasteiger partial charge in [-0.25, -0.2) is 49.6 Å². The molecular formula is C51H66N18O3. The van der Waals surface area contributed by atoms with Gasteiger partial charge in [0.1, 0.15) is 61.6 Å². The number of hydrogen-bond donors (Lipinski definition) is 3. The van der Waals surface area contributed by atoms with Crippen LogP contribution in [0.4, 0.5) is 17.5 Å². The van der Waals surface area contributed by atoms with Crippen molar-refractivity contribution in [2.75, 3.05) is 94.2 Å². The van der Waals surface area contributed by atoms with E-state index in [2.05, 4.69) is 59.4 Å². The average Bonchev–Trinajstić information content (AvgIpc) is 0.766. The molecule has 3 aliphatic rings. The van der Waals surface area contributed by atoms with E-state index in [1.165, 1.54) is 13.8 Å². The summed E-state index contributed by atoms with van der Waals surface area (Å²) in [4.78, 5) is 77.2. The smallest absolute Gasteiger partial charge is 0.302 e. The van der Waals surface area contributed by atoms with Crippen LogP contribution in [0.15, 0.2) is 37.1 Å². The molecule has 0 bridgehead atoms. The van der Waals surface area contributed by atoms with E-state index in [9.17, 15) is 18.5 Å². The quantitative estimate of drug-likeness (QED) is 0.152. The molecule has 3 saturated heterocycles. The first-order valence-corrected chi connectivity index (χ1v) is 20.2. The molecule has 0 spiro atoms. The standard InChI is InChI=1S/3C17H22N6O/c3*1-11-5-6-23(15(24)8-18-3)9-14(11)22(4)17-13-7-12(2)21-16(13)19-10-20-17/h3*7,10-11,14H,5-6,8-9H2,1-2,4H3,(H,19,20,21)/t3*11-,14+/m111/s1/i1D3,5D2,6D2,7D,8D2,9D2,11D,14D;1D3,4D3,5D2,6D2,7D,8D2,9D2,14D;5D2,6D2,7D,8D2,9D2,11D,14D. The zero-order valence-electron chi connectivity index (χ0n) is 79.2. The van der Waals surface area contributed by atoms with Gasteiger partial charge in [-0.15, -0.1) is 0 Å². The summed E-state index contributed by atoms with van der Waals surface area (Å²) >= 11 is 0. The van der Waals surface area contributed by atoms with Crippen molar-refractivity contribution in [1.29, 1.82) is 0 Å². The first-order chi connectivity index (χ1) is 50.3. The summed E-state index contributed by atoms with van der Waals surface area (Å²) < 4.78 is 342. The number of aromatic amines is 3. The molecule has 0 saturated carbocycles. The van der Waals surface area contributed by atoms with Gasteiger partial charge >= 0.3 is 17.7 Å². The molecule has 3 N–H and O–H groups in total. The van der Waals surface area contributed by atoms with Crippen molar-refractivity contribution in [2.24, 2.45) is 17.7 Å². The highest BCUT2D eigenvalue weighted by molar-refractivity contribution is 5.90. The maximum Gasteiger partial charge on any atom is 0.302 e. The maximum absolute atomic E-state index is 13.1. The van der Waals surface area contributed by atoms with Crippen LogP contribution in [0.3, 0.4) is 0 Å². The van der Waals surface area contributed by atoms with E-state index in [1.54, 1.807) is 6.92 Å². The van der Waals surface area contributed by atoms with Gasteiger partial charge in [-0.05, 0) is 75.7 Å². The number of likely N-dealkylation sites (N-methyl/N-ethyl adjacent to an activating group) is 3. The van der Waals surface area contributed by atoms with Gasteiger partial charge in [0, 0.05) is 109 Å². The molecule has 3 aliphatic heterocycles. The van der Waals surface area contributed by atoms with Crippen molar-refractivity contribution >= 4 is 68.3 Å². The molecule has 0 aromatic carbocycles. The van der Waals surface area contributed by atoms with E-state index in [1.807, 2.05) is 0 Å². The zero-order chi connectivity index (χ0) is 88.0. The highest BCUT2D eigenvalue weighted by Crippen LogP contribution is 2.32. The minimum absolute atomic E-state index is 0.00855. The molecule has 6 atom stereocenters. The lowest BCUT2D eigenvalue weighted by Crippen LogP contribution is -2.53. The van der Waals surface area contributed by atoms with E-state index in [4.69, 9.17) is 71.8 Å². The highest BCUT2D eigenvalue weighted by atomic mass is 16.2. The Morgan fingerprint density at radius 2 is 1.01 bits per heavy atom. The van der Waals surface area contributed by atoms with Gasteiger partial charge in [0.2, 0.25) is 0 Å². The fraction of sp³-hybridized carbons (Fsp3) is 0.529. The predicted molar refractivity (Wildman–Crippen MR) is 278 cm³/mol. The number of anilines is 3. The van der Waals surface area contributed by atoms with Crippen molar-refractivity contribution in [3.8, 4) is 0 Å². The third-order valence-corrected chi connectivity index (χ3v) is 9.66. The van der Waals surface area contributed by atoms with Gasteiger partial charge < -0.3 is 58.9 Å². The molecule has 3 fully saturated rings. The molecule has 0 unspecified atom stereocenters. The van der Waals surface area contributed by atoms with Crippen LogP contribution in [0, 0.1) is 58.2 Å². The number of fused-ring (bicyclic) bond motifs is 3. The Morgan fingerprint density at radius 3 is 1.40 bits per heavy atom. The number of likely N-dealkylation sites (tertiary alicyclic amines) is 3. The van der Waals surface area contributed by atoms with Crippen LogP contribution in [-0.2, 0) is 14.4 Å². The lowest BCUT2D eigenvalue weighted by atomic mass is 9.92. The fourth-order valence-electron chi connectivity index (χ4n) is 6.48. The van der Waals surface area contributed by atoms with Crippen molar-refractivity contribution in [1.82, 2.24) is 59.6 Å². The number of aromatic nitrogens is 9. The average molecular weight is 1020 g/mol. The number of carbonyl (C=O) groups excluding carboxylic acids is 3. The number of hydrogen-bond acceptors (Lipinski definition) is 12. The number of H-pyrrole nitrogens is 3. The normalized spacial score (nSPS) is 41.7. The van der Waals surface area contributed by atoms with Crippen LogP contribution in [0.5, 0.6) is 0 Å². The largest absolute Gasteiger partial charge is 0.354 e. The van der Waals surface area contributed by atoms with E-state index in [0.29, 0.717) is 10.6 Å². The number of nitrogens with one attached hydrogen (secondary N) is 3. The Labute approximate surface area is 478 Å². The van der Waals surface area contributed by atoms with Crippen LogP contribution in [-0.4, -0.2) is 175 Å². The molecular weight excluding hydrogens is 913 g/mol. The number of aryl methyl sites for hydroxylation is 3. The Balaban J connectivity index is 0.000000235. The summed E-state index contributed by atoms with van der Waals surface area (Å²) in [6.07, 6.45) is -8.87. The monoisotopic (exact) mass is 1020 g/mol. The van der Waals surface area contributed by atoms with Gasteiger partial charge in [0.25, 0.3) is 19.5 Å². The predicted octanol–water partition coefficient (Wildman–Crippen LogP) is 5.58. The second-order valence-corrected chi connectivity index (χ2v) is 14.5. The van der Waals surface area contributed by atoms with Crippen LogP contribution in [0.25, 0.3) is 47.6 Å². The Hall–Kier alpha value is -7.86. The van der Waals surface area contributed by atoms with Crippen LogP contribution < -0.4 is 14.7 Å². The zero-order valence-corrected chi connectivity index (χ0v) is 38.2. The van der Waals surface area contributed by atoms with Gasteiger partial charge in [0.05, 0.1) is 50.7 Å². The lowest BCUT2D eigenvalue weighted by Gasteiger charge is -2.41. The summed E-state index contributed by atoms with van der Waals surface area (Å²) in [6, 6.07) is -11.9. The van der Waals surface area contributed by atoms with Crippen molar-refractivity contribution in [3.05, 3.63) is 88.4 Å². The minimum Gasteiger partial charge on any atom is -0.354 e. The van der Waals surface area contributed by atoms with Crippen LogP contribution in [0.2, 0.25) is 0 Å². The first kappa shape index (κ1) is 20.7. The Morgan fingerprint density at radius 1 is 0.639 bits per heavy atom. The molecule has 378 valence electrons. The van der Waals surface area contributed by atoms with E-state index < -0.39 is 190 Å². The minimum atomic E-state index is -4.19. The van der Waals surface area contributed by atoms with E-state index in [-0.39, 0.29) is 61.9 Å². The number of amides is 3. The molecule has 6 aromatic rings. The molecule has 0 aliphatic carbocycles. The topological polar surface area (TPSA) is 208 Å². The Bertz CT molecular complexity index is 4950. The molecule has 0 radical (unpaired) electrons. The van der Waals surface area contributed by atoms with E-state index in [0.717, 1.165) is 44.9 Å². The van der Waals surface area contributed by atoms with Gasteiger partial charge in [-0.1, -0.05) is 20.6 Å². The number of rotatable bonds is 9. The molecule has 21 nitrogen and oxygen atoms in total. The van der Waals surface area contributed by atoms with Gasteiger partial charge in [-0.2, -0.15) is 0 Å². The summed E-state index contributed by atoms with van der Waals surface area (Å²) in [5.74, 6) is -18.5. The number of carbonyl (C=O) groups is 3.